The molecule has 0 aliphatic carbocycles. The molecular weight excluding hydrogens is 400 g/mol. The van der Waals surface area contributed by atoms with Gasteiger partial charge in [-0.15, -0.1) is 0 Å². The molecule has 0 bridgehead atoms. The van der Waals surface area contributed by atoms with Crippen LogP contribution in [0.5, 0.6) is 0 Å². The third-order valence-electron chi connectivity index (χ3n) is 5.61. The number of aromatic amines is 1. The number of H-pyrrole nitrogens is 1. The Hall–Kier alpha value is -4.06. The highest BCUT2D eigenvalue weighted by Crippen LogP contribution is 2.32. The van der Waals surface area contributed by atoms with Gasteiger partial charge in [-0.3, -0.25) is 4.79 Å². The summed E-state index contributed by atoms with van der Waals surface area (Å²) in [6, 6.07) is 23.3. The van der Waals surface area contributed by atoms with Crippen LogP contribution in [0, 0.1) is 0 Å². The second-order valence-corrected chi connectivity index (χ2v) is 7.61. The van der Waals surface area contributed by atoms with Crippen molar-refractivity contribution in [2.24, 2.45) is 0 Å². The second-order valence-electron chi connectivity index (χ2n) is 7.61. The fourth-order valence-electron chi connectivity index (χ4n) is 3.79. The molecule has 6 nitrogen and oxygen atoms in total. The van der Waals surface area contributed by atoms with Gasteiger partial charge in [0.1, 0.15) is 0 Å². The molecule has 0 saturated carbocycles. The van der Waals surface area contributed by atoms with Gasteiger partial charge in [0.2, 0.25) is 5.91 Å². The maximum atomic E-state index is 12.9. The van der Waals surface area contributed by atoms with E-state index in [0.717, 1.165) is 33.3 Å². The topological polar surface area (TPSA) is 77.2 Å². The summed E-state index contributed by atoms with van der Waals surface area (Å²) in [5, 5.41) is 6.60. The Balaban J connectivity index is 1.54. The van der Waals surface area contributed by atoms with Gasteiger partial charge in [0.15, 0.2) is 0 Å². The summed E-state index contributed by atoms with van der Waals surface area (Å²) >= 11 is 0. The SMILES string of the molecule is CNC(=O)Nc1cc(N(C)C(=O)CCc2c[nH]c3ccccc23)ccc1-c1ccccc1. The van der Waals surface area contributed by atoms with Crippen LogP contribution in [0.15, 0.2) is 79.0 Å². The Bertz CT molecular complexity index is 1250. The van der Waals surface area contributed by atoms with Crippen molar-refractivity contribution in [3.05, 3.63) is 84.6 Å². The monoisotopic (exact) mass is 426 g/mol. The summed E-state index contributed by atoms with van der Waals surface area (Å²) in [6.45, 7) is 0. The molecule has 6 heteroatoms. The zero-order chi connectivity index (χ0) is 22.5. The molecule has 0 saturated heterocycles. The number of hydrogen-bond donors (Lipinski definition) is 3. The lowest BCUT2D eigenvalue weighted by Crippen LogP contribution is -2.27. The van der Waals surface area contributed by atoms with Crippen molar-refractivity contribution >= 4 is 34.2 Å². The van der Waals surface area contributed by atoms with Crippen molar-refractivity contribution in [3.63, 3.8) is 0 Å². The lowest BCUT2D eigenvalue weighted by molar-refractivity contribution is -0.118. The van der Waals surface area contributed by atoms with Crippen LogP contribution in [0.3, 0.4) is 0 Å². The Morgan fingerprint density at radius 1 is 0.969 bits per heavy atom. The van der Waals surface area contributed by atoms with Crippen LogP contribution >= 0.6 is 0 Å². The van der Waals surface area contributed by atoms with E-state index < -0.39 is 0 Å². The number of benzene rings is 3. The molecule has 0 spiro atoms. The van der Waals surface area contributed by atoms with Crippen molar-refractivity contribution in [1.29, 1.82) is 0 Å². The average Bonchev–Trinajstić information content (AvgIpc) is 3.25. The molecule has 0 unspecified atom stereocenters. The fraction of sp³-hybridized carbons (Fsp3) is 0.154. The highest BCUT2D eigenvalue weighted by atomic mass is 16.2. The summed E-state index contributed by atoms with van der Waals surface area (Å²) in [6.07, 6.45) is 3.01. The number of rotatable bonds is 6. The Labute approximate surface area is 187 Å². The molecule has 0 radical (unpaired) electrons. The van der Waals surface area contributed by atoms with Gasteiger partial charge >= 0.3 is 6.03 Å². The number of carbonyl (C=O) groups excluding carboxylic acids is 2. The van der Waals surface area contributed by atoms with E-state index in [2.05, 4.69) is 21.7 Å². The number of carbonyl (C=O) groups is 2. The van der Waals surface area contributed by atoms with Crippen molar-refractivity contribution in [2.45, 2.75) is 12.8 Å². The number of urea groups is 1. The van der Waals surface area contributed by atoms with Crippen molar-refractivity contribution in [1.82, 2.24) is 10.3 Å². The number of para-hydroxylation sites is 1. The van der Waals surface area contributed by atoms with E-state index >= 15 is 0 Å². The van der Waals surface area contributed by atoms with Gasteiger partial charge in [0.05, 0.1) is 5.69 Å². The summed E-state index contributed by atoms with van der Waals surface area (Å²) < 4.78 is 0. The number of anilines is 2. The predicted molar refractivity (Wildman–Crippen MR) is 130 cm³/mol. The minimum Gasteiger partial charge on any atom is -0.361 e. The van der Waals surface area contributed by atoms with Gasteiger partial charge in [-0.2, -0.15) is 0 Å². The van der Waals surface area contributed by atoms with E-state index in [1.807, 2.05) is 72.9 Å². The maximum absolute atomic E-state index is 12.9. The molecule has 3 aromatic carbocycles. The molecule has 4 rings (SSSR count). The average molecular weight is 427 g/mol. The zero-order valence-electron chi connectivity index (χ0n) is 18.2. The number of fused-ring (bicyclic) bond motifs is 1. The van der Waals surface area contributed by atoms with Gasteiger partial charge in [0, 0.05) is 48.9 Å². The third-order valence-corrected chi connectivity index (χ3v) is 5.61. The largest absolute Gasteiger partial charge is 0.361 e. The number of aryl methyl sites for hydroxylation is 1. The van der Waals surface area contributed by atoms with E-state index in [1.165, 1.54) is 0 Å². The van der Waals surface area contributed by atoms with Crippen LogP contribution < -0.4 is 15.5 Å². The van der Waals surface area contributed by atoms with E-state index in [1.54, 1.807) is 19.0 Å². The summed E-state index contributed by atoms with van der Waals surface area (Å²) in [7, 11) is 3.33. The maximum Gasteiger partial charge on any atom is 0.318 e. The number of aromatic nitrogens is 1. The van der Waals surface area contributed by atoms with Crippen LogP contribution in [-0.2, 0) is 11.2 Å². The van der Waals surface area contributed by atoms with Gasteiger partial charge in [-0.05, 0) is 35.7 Å². The van der Waals surface area contributed by atoms with E-state index in [-0.39, 0.29) is 11.9 Å². The molecule has 0 atom stereocenters. The smallest absolute Gasteiger partial charge is 0.318 e. The summed E-state index contributed by atoms with van der Waals surface area (Å²) in [5.41, 5.74) is 5.44. The number of hydrogen-bond acceptors (Lipinski definition) is 2. The second kappa shape index (κ2) is 9.39. The van der Waals surface area contributed by atoms with E-state index in [0.29, 0.717) is 18.5 Å². The Kier molecular flexibility index (Phi) is 6.22. The lowest BCUT2D eigenvalue weighted by Gasteiger charge is -2.20. The number of amides is 3. The normalized spacial score (nSPS) is 10.7. The molecule has 162 valence electrons. The molecule has 3 N–H and O–H groups in total. The first-order valence-electron chi connectivity index (χ1n) is 10.6. The molecule has 32 heavy (non-hydrogen) atoms. The zero-order valence-corrected chi connectivity index (χ0v) is 18.2. The highest BCUT2D eigenvalue weighted by molar-refractivity contribution is 5.98. The highest BCUT2D eigenvalue weighted by Gasteiger charge is 2.16. The van der Waals surface area contributed by atoms with Crippen LogP contribution in [0.4, 0.5) is 16.2 Å². The fourth-order valence-corrected chi connectivity index (χ4v) is 3.79. The van der Waals surface area contributed by atoms with E-state index in [9.17, 15) is 9.59 Å². The standard InChI is InChI=1S/C26H26N4O2/c1-27-26(32)29-24-16-20(13-14-22(24)18-8-4-3-5-9-18)30(2)25(31)15-12-19-17-28-23-11-7-6-10-21(19)23/h3-11,13-14,16-17,28H,12,15H2,1-2H3,(H2,27,29,32). The molecule has 4 aromatic rings. The van der Waals surface area contributed by atoms with Crippen molar-refractivity contribution < 1.29 is 9.59 Å². The van der Waals surface area contributed by atoms with E-state index in [4.69, 9.17) is 0 Å². The van der Waals surface area contributed by atoms with Crippen molar-refractivity contribution in [3.8, 4) is 11.1 Å². The molecular formula is C26H26N4O2. The minimum absolute atomic E-state index is 0.00800. The molecule has 1 heterocycles. The molecule has 0 fully saturated rings. The number of nitrogens with zero attached hydrogens (tertiary/aromatic N) is 1. The summed E-state index contributed by atoms with van der Waals surface area (Å²) in [5.74, 6) is 0.00800. The first kappa shape index (κ1) is 21.2. The van der Waals surface area contributed by atoms with Gasteiger partial charge in [-0.25, -0.2) is 4.79 Å². The molecule has 1 aromatic heterocycles. The van der Waals surface area contributed by atoms with Crippen LogP contribution in [0.2, 0.25) is 0 Å². The Morgan fingerprint density at radius 2 is 1.72 bits per heavy atom. The summed E-state index contributed by atoms with van der Waals surface area (Å²) in [4.78, 5) is 29.8. The van der Waals surface area contributed by atoms with Gasteiger partial charge < -0.3 is 20.5 Å². The van der Waals surface area contributed by atoms with Crippen LogP contribution in [0.25, 0.3) is 22.0 Å². The van der Waals surface area contributed by atoms with Crippen LogP contribution in [0.1, 0.15) is 12.0 Å². The first-order valence-corrected chi connectivity index (χ1v) is 10.6. The molecule has 3 amide bonds. The lowest BCUT2D eigenvalue weighted by atomic mass is 10.0. The number of nitrogens with one attached hydrogen (secondary N) is 3. The molecule has 0 aliphatic rings. The predicted octanol–water partition coefficient (Wildman–Crippen LogP) is 5.18. The Morgan fingerprint density at radius 3 is 2.50 bits per heavy atom. The minimum atomic E-state index is -0.312. The third kappa shape index (κ3) is 4.49. The quantitative estimate of drug-likeness (QED) is 0.397. The van der Waals surface area contributed by atoms with Gasteiger partial charge in [0.25, 0.3) is 0 Å². The van der Waals surface area contributed by atoms with Crippen LogP contribution in [-0.4, -0.2) is 31.0 Å². The first-order chi connectivity index (χ1) is 15.6. The van der Waals surface area contributed by atoms with Crippen molar-refractivity contribution in [2.75, 3.05) is 24.3 Å². The van der Waals surface area contributed by atoms with Gasteiger partial charge in [-0.1, -0.05) is 54.6 Å². The molecule has 0 aliphatic heterocycles.